The van der Waals surface area contributed by atoms with Crippen LogP contribution in [0, 0.1) is 23.2 Å². The largest absolute Gasteiger partial charge is 0.497 e. The molecule has 4 fully saturated rings. The fraction of sp³-hybridized carbons (Fsp3) is 0.440. The first kappa shape index (κ1) is 18.4. The summed E-state index contributed by atoms with van der Waals surface area (Å²) in [7, 11) is 1.66. The number of thiophene rings is 1. The van der Waals surface area contributed by atoms with Crippen molar-refractivity contribution in [1.82, 2.24) is 4.98 Å². The van der Waals surface area contributed by atoms with Crippen LogP contribution in [0.4, 0.5) is 5.69 Å². The van der Waals surface area contributed by atoms with Gasteiger partial charge < -0.3 is 10.5 Å². The molecule has 3 aromatic rings. The number of pyridine rings is 1. The van der Waals surface area contributed by atoms with E-state index in [0.29, 0.717) is 11.5 Å². The standard InChI is InChI=1S/C25H26N2O2S/c1-29-18-4-2-17(3-5-18)20-7-6-19-21(26)22(30-24(19)27-20)23(28)25-11-14-8-15(12-25)10-16(9-14)13-25/h2-7,14-16H,8-13,26H2,1H3. The molecule has 2 heterocycles. The molecule has 5 heteroatoms. The van der Waals surface area contributed by atoms with E-state index in [2.05, 4.69) is 0 Å². The molecule has 4 aliphatic carbocycles. The summed E-state index contributed by atoms with van der Waals surface area (Å²) in [5, 5.41) is 0.908. The van der Waals surface area contributed by atoms with Gasteiger partial charge in [-0.1, -0.05) is 0 Å². The van der Waals surface area contributed by atoms with E-state index in [9.17, 15) is 4.79 Å². The number of anilines is 1. The summed E-state index contributed by atoms with van der Waals surface area (Å²) in [4.78, 5) is 20.3. The third kappa shape index (κ3) is 2.71. The molecule has 0 amide bonds. The molecular weight excluding hydrogens is 392 g/mol. The number of ketones is 1. The molecule has 4 saturated carbocycles. The Balaban J connectivity index is 1.37. The highest BCUT2D eigenvalue weighted by Crippen LogP contribution is 2.61. The van der Waals surface area contributed by atoms with E-state index in [-0.39, 0.29) is 5.41 Å². The number of carbonyl (C=O) groups is 1. The molecule has 4 nitrogen and oxygen atoms in total. The van der Waals surface area contributed by atoms with Crippen LogP contribution in [0.5, 0.6) is 5.75 Å². The summed E-state index contributed by atoms with van der Waals surface area (Å²) in [5.41, 5.74) is 8.90. The van der Waals surface area contributed by atoms with Gasteiger partial charge in [0.05, 0.1) is 23.4 Å². The highest BCUT2D eigenvalue weighted by atomic mass is 32.1. The van der Waals surface area contributed by atoms with Crippen LogP contribution >= 0.6 is 11.3 Å². The van der Waals surface area contributed by atoms with Crippen molar-refractivity contribution in [2.24, 2.45) is 23.2 Å². The molecule has 154 valence electrons. The first-order chi connectivity index (χ1) is 14.5. The van der Waals surface area contributed by atoms with Crippen LogP contribution in [0.15, 0.2) is 36.4 Å². The number of nitrogens with two attached hydrogens (primary N) is 1. The van der Waals surface area contributed by atoms with Crippen molar-refractivity contribution < 1.29 is 9.53 Å². The minimum atomic E-state index is -0.164. The Hall–Kier alpha value is -2.40. The topological polar surface area (TPSA) is 65.2 Å². The van der Waals surface area contributed by atoms with Crippen molar-refractivity contribution >= 4 is 33.0 Å². The molecule has 30 heavy (non-hydrogen) atoms. The molecular formula is C25H26N2O2S. The average Bonchev–Trinajstić information content (AvgIpc) is 3.08. The van der Waals surface area contributed by atoms with Crippen molar-refractivity contribution in [3.63, 3.8) is 0 Å². The van der Waals surface area contributed by atoms with Gasteiger partial charge in [0.15, 0.2) is 5.78 Å². The van der Waals surface area contributed by atoms with E-state index in [1.165, 1.54) is 30.6 Å². The summed E-state index contributed by atoms with van der Waals surface area (Å²) in [6.45, 7) is 0. The summed E-state index contributed by atoms with van der Waals surface area (Å²) in [6, 6.07) is 11.9. The lowest BCUT2D eigenvalue weighted by Crippen LogP contribution is -2.49. The number of ether oxygens (including phenoxy) is 1. The minimum absolute atomic E-state index is 0.164. The Morgan fingerprint density at radius 2 is 1.67 bits per heavy atom. The summed E-state index contributed by atoms with van der Waals surface area (Å²) >= 11 is 1.49. The van der Waals surface area contributed by atoms with Crippen molar-refractivity contribution in [3.05, 3.63) is 41.3 Å². The zero-order valence-corrected chi connectivity index (χ0v) is 18.0. The molecule has 0 aliphatic heterocycles. The second kappa shape index (κ2) is 6.55. The molecule has 7 rings (SSSR count). The highest BCUT2D eigenvalue weighted by Gasteiger charge is 2.55. The predicted octanol–water partition coefficient (Wildman–Crippen LogP) is 5.95. The van der Waals surface area contributed by atoms with E-state index in [4.69, 9.17) is 15.5 Å². The molecule has 0 unspecified atom stereocenters. The monoisotopic (exact) mass is 418 g/mol. The number of fused-ring (bicyclic) bond motifs is 1. The Kier molecular flexibility index (Phi) is 4.01. The van der Waals surface area contributed by atoms with E-state index in [1.807, 2.05) is 36.4 Å². The maximum atomic E-state index is 13.8. The SMILES string of the molecule is COc1ccc(-c2ccc3c(N)c(C(=O)C45CC6CC(CC(C6)C4)C5)sc3n2)cc1. The molecule has 0 radical (unpaired) electrons. The number of hydrogen-bond acceptors (Lipinski definition) is 5. The second-order valence-electron chi connectivity index (χ2n) is 9.65. The number of benzene rings is 1. The second-order valence-corrected chi connectivity index (χ2v) is 10.6. The Bertz CT molecular complexity index is 1110. The van der Waals surface area contributed by atoms with Gasteiger partial charge in [0, 0.05) is 16.4 Å². The Morgan fingerprint density at radius 1 is 1.03 bits per heavy atom. The maximum Gasteiger partial charge on any atom is 0.181 e. The van der Waals surface area contributed by atoms with Gasteiger partial charge in [-0.05, 0) is 92.7 Å². The van der Waals surface area contributed by atoms with Crippen molar-refractivity contribution in [1.29, 1.82) is 0 Å². The lowest BCUT2D eigenvalue weighted by Gasteiger charge is -2.55. The Labute approximate surface area is 180 Å². The summed E-state index contributed by atoms with van der Waals surface area (Å²) in [5.74, 6) is 3.36. The number of rotatable bonds is 4. The van der Waals surface area contributed by atoms with Gasteiger partial charge in [-0.3, -0.25) is 4.79 Å². The van der Waals surface area contributed by atoms with Gasteiger partial charge >= 0.3 is 0 Å². The highest BCUT2D eigenvalue weighted by molar-refractivity contribution is 7.21. The van der Waals surface area contributed by atoms with E-state index in [0.717, 1.165) is 69.1 Å². The zero-order valence-electron chi connectivity index (χ0n) is 17.2. The minimum Gasteiger partial charge on any atom is -0.497 e. The average molecular weight is 419 g/mol. The molecule has 2 N–H and O–H groups in total. The van der Waals surface area contributed by atoms with E-state index < -0.39 is 0 Å². The lowest BCUT2D eigenvalue weighted by atomic mass is 9.48. The zero-order chi connectivity index (χ0) is 20.5. The van der Waals surface area contributed by atoms with Gasteiger partial charge in [0.1, 0.15) is 10.6 Å². The van der Waals surface area contributed by atoms with Gasteiger partial charge in [-0.15, -0.1) is 11.3 Å². The molecule has 4 aliphatic rings. The first-order valence-corrected chi connectivity index (χ1v) is 11.7. The predicted molar refractivity (Wildman–Crippen MR) is 121 cm³/mol. The molecule has 0 spiro atoms. The normalized spacial score (nSPS) is 29.4. The molecule has 1 aromatic carbocycles. The van der Waals surface area contributed by atoms with Gasteiger partial charge in [-0.2, -0.15) is 0 Å². The smallest absolute Gasteiger partial charge is 0.181 e. The van der Waals surface area contributed by atoms with E-state index >= 15 is 0 Å². The quantitative estimate of drug-likeness (QED) is 0.532. The Morgan fingerprint density at radius 3 is 2.27 bits per heavy atom. The van der Waals surface area contributed by atoms with Crippen molar-refractivity contribution in [2.45, 2.75) is 38.5 Å². The van der Waals surface area contributed by atoms with Crippen LogP contribution in [0.25, 0.3) is 21.5 Å². The molecule has 4 bridgehead atoms. The third-order valence-electron chi connectivity index (χ3n) is 7.71. The fourth-order valence-electron chi connectivity index (χ4n) is 6.72. The van der Waals surface area contributed by atoms with Crippen LogP contribution < -0.4 is 10.5 Å². The molecule has 0 atom stereocenters. The molecule has 0 saturated heterocycles. The van der Waals surface area contributed by atoms with E-state index in [1.54, 1.807) is 7.11 Å². The van der Waals surface area contributed by atoms with Crippen LogP contribution in [0.2, 0.25) is 0 Å². The van der Waals surface area contributed by atoms with Crippen LogP contribution in [0.3, 0.4) is 0 Å². The number of aromatic nitrogens is 1. The summed E-state index contributed by atoms with van der Waals surface area (Å²) in [6.07, 6.45) is 7.20. The first-order valence-electron chi connectivity index (χ1n) is 10.9. The fourth-order valence-corrected chi connectivity index (χ4v) is 7.87. The number of methoxy groups -OCH3 is 1. The third-order valence-corrected chi connectivity index (χ3v) is 8.82. The maximum absolute atomic E-state index is 13.8. The van der Waals surface area contributed by atoms with Crippen LogP contribution in [0.1, 0.15) is 48.2 Å². The van der Waals surface area contributed by atoms with Gasteiger partial charge in [0.25, 0.3) is 0 Å². The van der Waals surface area contributed by atoms with Gasteiger partial charge in [0.2, 0.25) is 0 Å². The van der Waals surface area contributed by atoms with Crippen LogP contribution in [-0.2, 0) is 0 Å². The lowest BCUT2D eigenvalue weighted by molar-refractivity contribution is -0.0350. The number of hydrogen-bond donors (Lipinski definition) is 1. The number of nitrogens with zero attached hydrogens (tertiary/aromatic N) is 1. The number of carbonyl (C=O) groups excluding carboxylic acids is 1. The number of nitrogen functional groups attached to an aromatic ring is 1. The van der Waals surface area contributed by atoms with Crippen LogP contribution in [-0.4, -0.2) is 17.9 Å². The van der Waals surface area contributed by atoms with Crippen molar-refractivity contribution in [3.8, 4) is 17.0 Å². The number of Topliss-reactive ketones (excluding diaryl/α,β-unsaturated/α-hetero) is 1. The van der Waals surface area contributed by atoms with Gasteiger partial charge in [-0.25, -0.2) is 4.98 Å². The summed E-state index contributed by atoms with van der Waals surface area (Å²) < 4.78 is 5.25. The van der Waals surface area contributed by atoms with Crippen molar-refractivity contribution in [2.75, 3.05) is 12.8 Å². The molecule has 2 aromatic heterocycles.